The van der Waals surface area contributed by atoms with Gasteiger partial charge in [0.15, 0.2) is 0 Å². The van der Waals surface area contributed by atoms with Gasteiger partial charge in [0.2, 0.25) is 88.6 Å². The second kappa shape index (κ2) is 49.0. The number of phenolic OH excluding ortho intramolecular Hbond substituents is 2. The van der Waals surface area contributed by atoms with Crippen molar-refractivity contribution in [3.05, 3.63) is 203 Å². The molecule has 2 heterocycles. The molecule has 11 atom stereocenters. The SMILES string of the molecule is CCCCC1C(=O)N(C)CC(=O)NC(CC(=O)O)C(=O)NC(C(C)C)C(=O)N(C)C(Cc2ccccc2)C(=O)NC(Cc2ccc(O)cc2)C(=O)N(C)CC(=O)NC(Cc2c[nH]c3ccccc23)C(=O)NC(Cc2ccc(O)cc2)C(=O)NC(CC(C)C)C(=O)NC(C(=O)NCC(N)=O)CSCC(=O)NC(Cc2cccc(F)c2)C(=O)N(C)C(Cc2ccccc2)C(=O)N1C. The molecule has 0 bridgehead atoms. The lowest BCUT2D eigenvalue weighted by atomic mass is 9.98. The number of aromatic amines is 1. The molecule has 0 radical (unpaired) electrons. The third kappa shape index (κ3) is 30.5. The predicted molar refractivity (Wildman–Crippen MR) is 482 cm³/mol. The summed E-state index contributed by atoms with van der Waals surface area (Å²) in [6.07, 6.45) is -0.400. The molecule has 7 aromatic rings. The molecule has 37 heteroatoms. The predicted octanol–water partition coefficient (Wildman–Crippen LogP) is 2.47. The summed E-state index contributed by atoms with van der Waals surface area (Å²) < 4.78 is 15.1. The topological polar surface area (TPSA) is 500 Å². The van der Waals surface area contributed by atoms with Crippen molar-refractivity contribution < 1.29 is 96.4 Å². The van der Waals surface area contributed by atoms with Crippen LogP contribution < -0.4 is 53.6 Å². The van der Waals surface area contributed by atoms with Crippen molar-refractivity contribution in [1.82, 2.24) is 77.3 Å². The van der Waals surface area contributed by atoms with Crippen molar-refractivity contribution in [2.75, 3.05) is 66.4 Å². The number of carbonyl (C=O) groups excluding carboxylic acids is 15. The maximum absolute atomic E-state index is 15.5. The molecular weight excluding hydrogens is 1700 g/mol. The molecule has 1 fully saturated rings. The largest absolute Gasteiger partial charge is 0.508 e. The summed E-state index contributed by atoms with van der Waals surface area (Å²) in [6.45, 7) is 6.03. The van der Waals surface area contributed by atoms with Gasteiger partial charge in [0, 0.05) is 96.6 Å². The number of halogens is 1. The Morgan fingerprint density at radius 1 is 0.485 bits per heavy atom. The Morgan fingerprint density at radius 3 is 1.53 bits per heavy atom. The average Bonchev–Trinajstić information content (AvgIpc) is 1.69. The van der Waals surface area contributed by atoms with Gasteiger partial charge < -0.3 is 98.4 Å². The number of benzene rings is 6. The monoisotopic (exact) mass is 1810 g/mol. The highest BCUT2D eigenvalue weighted by atomic mass is 32.2. The summed E-state index contributed by atoms with van der Waals surface area (Å²) >= 11 is 0.771. The third-order valence-electron chi connectivity index (χ3n) is 22.1. The van der Waals surface area contributed by atoms with Crippen LogP contribution in [0, 0.1) is 17.7 Å². The lowest BCUT2D eigenvalue weighted by molar-refractivity contribution is -0.151. The van der Waals surface area contributed by atoms with Gasteiger partial charge in [-0.1, -0.05) is 163 Å². The number of aromatic hydroxyl groups is 2. The first kappa shape index (κ1) is 102. The summed E-state index contributed by atoms with van der Waals surface area (Å²) in [4.78, 5) is 243. The molecule has 1 aliphatic heterocycles. The van der Waals surface area contributed by atoms with E-state index in [9.17, 15) is 58.5 Å². The number of carboxylic acids is 1. The number of fused-ring (bicyclic) bond motifs is 1. The molecule has 1 aliphatic rings. The quantitative estimate of drug-likeness (QED) is 0.0437. The van der Waals surface area contributed by atoms with Crippen LogP contribution in [0.15, 0.2) is 164 Å². The summed E-state index contributed by atoms with van der Waals surface area (Å²) in [7, 11) is 6.39. The van der Waals surface area contributed by atoms with Crippen LogP contribution in [0.1, 0.15) is 100 Å². The zero-order valence-electron chi connectivity index (χ0n) is 74.4. The number of nitrogens with two attached hydrogens (primary N) is 1. The van der Waals surface area contributed by atoms with Crippen LogP contribution in [0.2, 0.25) is 0 Å². The van der Waals surface area contributed by atoms with Gasteiger partial charge in [-0.25, -0.2) is 4.39 Å². The number of thioether (sulfide) groups is 1. The number of para-hydroxylation sites is 1. The standard InChI is InChI=1S/C93H117FN16O19S/c1-11-12-30-74-91(127)107(7)51-79(115)99-70(47-81(117)118)87(123)105-82(55(4)5)93(129)109(9)75(44-56-22-15-13-16-23-56)88(124)103-71(42-59-33-37-64(112)38-34-59)89(125)106(6)50-78(114)98-69(46-61-48-96-66-29-20-19-28-65(61)66)86(122)102-68(41-58-31-35-63(111)36-32-58)85(121)101-67(39-54(2)3)84(120)104-73(83(119)97-49-77(95)113)52-130-53-80(116)100-72(43-60-26-21-27-62(94)40-60)90(126)110(10)76(92(128)108(74)8)45-57-24-17-14-18-25-57/h13-29,31-38,40,48,54-55,67-76,82,96,111-112H,11-12,30,39,41-47,49-53H2,1-10H3,(H2,95,113)(H,97,119)(H,98,114)(H,99,115)(H,100,116)(H,101,121)(H,102,122)(H,103,124)(H,104,120)(H,105,123)(H,117,118). The number of hydrogen-bond acceptors (Lipinski definition) is 19. The van der Waals surface area contributed by atoms with Crippen molar-refractivity contribution >= 4 is 117 Å². The fourth-order valence-corrected chi connectivity index (χ4v) is 15.9. The van der Waals surface area contributed by atoms with E-state index in [1.165, 1.54) is 95.9 Å². The number of unbranched alkanes of at least 4 members (excludes halogenated alkanes) is 1. The van der Waals surface area contributed by atoms with Crippen molar-refractivity contribution in [3.63, 3.8) is 0 Å². The van der Waals surface area contributed by atoms with E-state index >= 15 is 38.0 Å². The Balaban J connectivity index is 1.22. The highest BCUT2D eigenvalue weighted by Crippen LogP contribution is 2.25. The molecule has 696 valence electrons. The molecule has 6 aromatic carbocycles. The van der Waals surface area contributed by atoms with Crippen LogP contribution in [-0.2, 0) is 115 Å². The number of likely N-dealkylation sites (N-methyl/N-ethyl adjacent to an activating group) is 5. The van der Waals surface area contributed by atoms with Gasteiger partial charge in [-0.15, -0.1) is 11.8 Å². The minimum atomic E-state index is -1.93. The Bertz CT molecular complexity index is 5140. The first-order chi connectivity index (χ1) is 61.8. The summed E-state index contributed by atoms with van der Waals surface area (Å²) in [5.41, 5.74) is 8.64. The Hall–Kier alpha value is -13.7. The maximum atomic E-state index is 15.5. The van der Waals surface area contributed by atoms with E-state index in [1.807, 2.05) is 6.92 Å². The second-order valence-electron chi connectivity index (χ2n) is 33.2. The molecule has 11 unspecified atom stereocenters. The molecule has 15 amide bonds. The molecule has 0 aliphatic carbocycles. The van der Waals surface area contributed by atoms with Gasteiger partial charge in [0.25, 0.3) is 0 Å². The molecule has 130 heavy (non-hydrogen) atoms. The molecule has 1 saturated heterocycles. The Morgan fingerprint density at radius 2 is 0.962 bits per heavy atom. The first-order valence-corrected chi connectivity index (χ1v) is 43.9. The highest BCUT2D eigenvalue weighted by molar-refractivity contribution is 8.00. The van der Waals surface area contributed by atoms with Crippen LogP contribution in [0.25, 0.3) is 10.9 Å². The van der Waals surface area contributed by atoms with Crippen molar-refractivity contribution in [2.24, 2.45) is 17.6 Å². The van der Waals surface area contributed by atoms with Gasteiger partial charge in [-0.05, 0) is 101 Å². The van der Waals surface area contributed by atoms with Crippen LogP contribution >= 0.6 is 11.8 Å². The van der Waals surface area contributed by atoms with Crippen LogP contribution in [0.3, 0.4) is 0 Å². The first-order valence-electron chi connectivity index (χ1n) is 42.8. The number of aliphatic carboxylic acids is 1. The second-order valence-corrected chi connectivity index (χ2v) is 34.2. The van der Waals surface area contributed by atoms with Gasteiger partial charge >= 0.3 is 5.97 Å². The van der Waals surface area contributed by atoms with Crippen molar-refractivity contribution in [3.8, 4) is 11.5 Å². The average molecular weight is 1810 g/mol. The lowest BCUT2D eigenvalue weighted by Crippen LogP contribution is -2.61. The number of rotatable bonds is 23. The number of nitrogens with zero attached hydrogens (tertiary/aromatic N) is 5. The minimum absolute atomic E-state index is 0.00624. The maximum Gasteiger partial charge on any atom is 0.305 e. The summed E-state index contributed by atoms with van der Waals surface area (Å²) in [5.74, 6) is -18.8. The van der Waals surface area contributed by atoms with E-state index < -0.39 is 210 Å². The van der Waals surface area contributed by atoms with Crippen LogP contribution in [0.4, 0.5) is 4.39 Å². The number of hydrogen-bond donors (Lipinski definition) is 14. The third-order valence-corrected chi connectivity index (χ3v) is 23.1. The smallest absolute Gasteiger partial charge is 0.305 e. The van der Waals surface area contributed by atoms with Gasteiger partial charge in [0.05, 0.1) is 31.8 Å². The highest BCUT2D eigenvalue weighted by Gasteiger charge is 2.42. The van der Waals surface area contributed by atoms with Gasteiger partial charge in [-0.2, -0.15) is 0 Å². The van der Waals surface area contributed by atoms with Crippen molar-refractivity contribution in [2.45, 2.75) is 172 Å². The Labute approximate surface area is 757 Å². The number of primary amides is 1. The summed E-state index contributed by atoms with van der Waals surface area (Å²) in [5, 5.41) is 55.3. The molecule has 8 rings (SSSR count). The normalized spacial score (nSPS) is 21.8. The van der Waals surface area contributed by atoms with Crippen LogP contribution in [0.5, 0.6) is 11.5 Å². The van der Waals surface area contributed by atoms with E-state index in [0.717, 1.165) is 48.4 Å². The van der Waals surface area contributed by atoms with Crippen molar-refractivity contribution in [1.29, 1.82) is 0 Å². The zero-order chi connectivity index (χ0) is 95.2. The van der Waals surface area contributed by atoms with E-state index in [2.05, 4.69) is 52.8 Å². The number of amides is 15. The molecular formula is C93H117FN16O19S. The number of H-pyrrole nitrogens is 1. The van der Waals surface area contributed by atoms with Gasteiger partial charge in [-0.3, -0.25) is 76.7 Å². The summed E-state index contributed by atoms with van der Waals surface area (Å²) in [6, 6.07) is 23.0. The molecule has 0 saturated carbocycles. The Kier molecular flexibility index (Phi) is 38.3. The van der Waals surface area contributed by atoms with Crippen LogP contribution in [-0.4, -0.2) is 272 Å². The number of carbonyl (C=O) groups is 16. The van der Waals surface area contributed by atoms with Gasteiger partial charge in [0.1, 0.15) is 83.8 Å². The zero-order valence-corrected chi connectivity index (χ0v) is 75.2. The fraction of sp³-hybridized carbons (Fsp3) is 0.419. The number of nitrogens with one attached hydrogen (secondary N) is 10. The minimum Gasteiger partial charge on any atom is -0.508 e. The number of carboxylic acid groups (broad SMARTS) is 1. The van der Waals surface area contributed by atoms with E-state index in [4.69, 9.17) is 5.73 Å². The lowest BCUT2D eigenvalue weighted by Gasteiger charge is -2.37. The van der Waals surface area contributed by atoms with E-state index in [-0.39, 0.29) is 74.3 Å². The van der Waals surface area contributed by atoms with E-state index in [1.54, 1.807) is 119 Å². The molecule has 15 N–H and O–H groups in total. The molecule has 1 aromatic heterocycles. The fourth-order valence-electron chi connectivity index (χ4n) is 15.0. The molecule has 35 nitrogen and oxygen atoms in total. The van der Waals surface area contributed by atoms with E-state index in [0.29, 0.717) is 51.6 Å². The molecule has 0 spiro atoms. The number of aromatic nitrogens is 1. The number of phenols is 2.